The highest BCUT2D eigenvalue weighted by Gasteiger charge is 2.64. The van der Waals surface area contributed by atoms with Crippen LogP contribution in [-0.4, -0.2) is 138 Å². The van der Waals surface area contributed by atoms with Gasteiger partial charge in [-0.15, -0.1) is 6.58 Å². The number of epoxide rings is 1. The standard InChI is InChI=1S/C34H46ClN3O10.C5H8OS2.C4H6OS2.C3H6OS2/c1-18-11-10-12-26(45-9)34(43)17-25(46-32(42)36-34)19(2)30-33(5,48-30)27(47-31(41)20(3)37(6)21(4)39)16-28(40)38(7)23-14-22(13-18)15-24(44-8)29(23)35;1-5(2)3-7-8-4-6;1-2-3-6-7-4-5;1-2-5-6-3-4/h10-12,14-15,19-20,25-27,30,43H,13,16-17H2,1-9H3,(H,36,42);4H,1,3H2,2H3;2,4H,1,3H2;3H,2H2,1H3/b12-10+,18-11+;;;/t19-,20+,25+,26-,27+,30+,33+,34+;;;/m1.../s1. The summed E-state index contributed by atoms with van der Waals surface area (Å²) in [4.78, 5) is 83.5. The minimum Gasteiger partial charge on any atom is -0.495 e. The van der Waals surface area contributed by atoms with Crippen LogP contribution < -0.4 is 15.0 Å². The molecule has 1 aromatic rings. The largest absolute Gasteiger partial charge is 0.495 e. The average Bonchev–Trinajstić information content (AvgIpc) is 4.00. The predicted octanol–water partition coefficient (Wildman–Crippen LogP) is 8.99. The summed E-state index contributed by atoms with van der Waals surface area (Å²) in [6.45, 7) is 19.4. The Kier molecular flexibility index (Phi) is 30.4. The maximum absolute atomic E-state index is 14.0. The number of likely N-dealkylation sites (N-methyl/N-ethyl adjacent to an activating group) is 1. The van der Waals surface area contributed by atoms with Gasteiger partial charge in [0.2, 0.25) is 11.8 Å². The molecule has 2 fully saturated rings. The molecule has 3 aliphatic rings. The number of anilines is 1. The number of aliphatic hydroxyl groups is 1. The summed E-state index contributed by atoms with van der Waals surface area (Å²) < 4.78 is 28.9. The number of nitrogens with zero attached hydrogens (tertiary/aromatic N) is 2. The van der Waals surface area contributed by atoms with E-state index in [1.165, 1.54) is 98.9 Å². The fourth-order valence-electron chi connectivity index (χ4n) is 6.65. The minimum atomic E-state index is -1.81. The maximum Gasteiger partial charge on any atom is 0.409 e. The summed E-state index contributed by atoms with van der Waals surface area (Å²) in [5.41, 5.74) is 2.71. The van der Waals surface area contributed by atoms with Crippen molar-refractivity contribution in [1.82, 2.24) is 10.2 Å². The average molecular weight is 1100 g/mol. The van der Waals surface area contributed by atoms with Crippen molar-refractivity contribution in [2.45, 2.75) is 110 Å². The Hall–Kier alpha value is -3.06. The number of hydrogen-bond acceptors (Lipinski definition) is 19. The van der Waals surface area contributed by atoms with Crippen LogP contribution in [0.25, 0.3) is 0 Å². The van der Waals surface area contributed by atoms with E-state index in [1.807, 2.05) is 26.8 Å². The van der Waals surface area contributed by atoms with Gasteiger partial charge in [-0.2, -0.15) is 0 Å². The van der Waals surface area contributed by atoms with Crippen LogP contribution in [0.2, 0.25) is 5.02 Å². The van der Waals surface area contributed by atoms with Crippen LogP contribution >= 0.6 is 76.4 Å². The molecule has 3 amide bonds. The molecule has 0 unspecified atom stereocenters. The molecule has 0 saturated carbocycles. The third-order valence-corrected chi connectivity index (χ3v) is 16.2. The van der Waals surface area contributed by atoms with Crippen molar-refractivity contribution in [3.8, 4) is 5.75 Å². The number of rotatable bonds is 16. The van der Waals surface area contributed by atoms with Crippen molar-refractivity contribution in [1.29, 1.82) is 0 Å². The summed E-state index contributed by atoms with van der Waals surface area (Å²) in [6, 6.07) is 2.63. The monoisotopic (exact) mass is 1100 g/mol. The smallest absolute Gasteiger partial charge is 0.409 e. The number of carbonyl (C=O) groups is 7. The summed E-state index contributed by atoms with van der Waals surface area (Å²) in [6.07, 6.45) is 2.78. The second kappa shape index (κ2) is 32.8. The van der Waals surface area contributed by atoms with Crippen molar-refractivity contribution >= 4 is 123 Å². The molecule has 3 heterocycles. The number of benzene rings is 1. The molecule has 69 heavy (non-hydrogen) atoms. The molecule has 0 aliphatic carbocycles. The van der Waals surface area contributed by atoms with Gasteiger partial charge in [0.25, 0.3) is 0 Å². The van der Waals surface area contributed by atoms with Crippen LogP contribution in [0.1, 0.15) is 66.9 Å². The van der Waals surface area contributed by atoms with Crippen LogP contribution in [0.15, 0.2) is 60.7 Å². The first-order valence-corrected chi connectivity index (χ1v) is 28.8. The molecule has 0 spiro atoms. The zero-order chi connectivity index (χ0) is 52.5. The Balaban J connectivity index is 0.000000938. The quantitative estimate of drug-likeness (QED) is 0.0395. The van der Waals surface area contributed by atoms with E-state index in [-0.39, 0.29) is 23.8 Å². The number of hydrogen-bond donors (Lipinski definition) is 2. The normalized spacial score (nSPS) is 25.6. The first kappa shape index (κ1) is 64.0. The van der Waals surface area contributed by atoms with Gasteiger partial charge in [0.15, 0.2) is 22.6 Å². The lowest BCUT2D eigenvalue weighted by atomic mass is 9.83. The van der Waals surface area contributed by atoms with Crippen molar-refractivity contribution < 1.29 is 62.4 Å². The number of carbonyl (C=O) groups excluding carboxylic acids is 7. The summed E-state index contributed by atoms with van der Waals surface area (Å²) in [7, 11) is 14.2. The van der Waals surface area contributed by atoms with Crippen LogP contribution in [0.3, 0.4) is 0 Å². The van der Waals surface area contributed by atoms with Crippen LogP contribution in [-0.2, 0) is 54.1 Å². The first-order chi connectivity index (χ1) is 32.5. The van der Waals surface area contributed by atoms with Gasteiger partial charge < -0.3 is 38.6 Å². The van der Waals surface area contributed by atoms with E-state index in [0.717, 1.165) is 50.8 Å². The Morgan fingerprint density at radius 3 is 2.26 bits per heavy atom. The third-order valence-electron chi connectivity index (χ3n) is 10.6. The number of ether oxygens (including phenoxy) is 5. The number of halogens is 1. The Bertz CT molecular complexity index is 1970. The van der Waals surface area contributed by atoms with E-state index >= 15 is 0 Å². The minimum absolute atomic E-state index is 0.0436. The van der Waals surface area contributed by atoms with Gasteiger partial charge in [0, 0.05) is 57.7 Å². The van der Waals surface area contributed by atoms with Gasteiger partial charge in [-0.3, -0.25) is 29.3 Å². The summed E-state index contributed by atoms with van der Waals surface area (Å²) in [5.74, 6) is 1.07. The highest BCUT2D eigenvalue weighted by atomic mass is 35.5. The van der Waals surface area contributed by atoms with Crippen LogP contribution in [0.4, 0.5) is 10.5 Å². The zero-order valence-electron chi connectivity index (χ0n) is 40.9. The molecule has 386 valence electrons. The van der Waals surface area contributed by atoms with Gasteiger partial charge in [-0.05, 0) is 84.2 Å². The van der Waals surface area contributed by atoms with Crippen molar-refractivity contribution in [3.63, 3.8) is 0 Å². The molecular weight excluding hydrogens is 1030 g/mol. The van der Waals surface area contributed by atoms with Crippen molar-refractivity contribution in [3.05, 3.63) is 71.3 Å². The Morgan fingerprint density at radius 2 is 1.72 bits per heavy atom. The van der Waals surface area contributed by atoms with Gasteiger partial charge in [0.05, 0.1) is 25.3 Å². The Labute approximate surface area is 435 Å². The predicted molar refractivity (Wildman–Crippen MR) is 288 cm³/mol. The molecule has 23 heteroatoms. The summed E-state index contributed by atoms with van der Waals surface area (Å²) in [5, 5.41) is 14.4. The zero-order valence-corrected chi connectivity index (χ0v) is 46.5. The highest BCUT2D eigenvalue weighted by Crippen LogP contribution is 2.49. The first-order valence-electron chi connectivity index (χ1n) is 21.3. The number of allylic oxidation sites excluding steroid dienone is 3. The lowest BCUT2D eigenvalue weighted by molar-refractivity contribution is -0.161. The van der Waals surface area contributed by atoms with Crippen LogP contribution in [0, 0.1) is 5.92 Å². The van der Waals surface area contributed by atoms with E-state index in [2.05, 4.69) is 18.5 Å². The van der Waals surface area contributed by atoms with E-state index in [0.29, 0.717) is 17.9 Å². The number of alkyl carbamates (subject to hydrolysis) is 1. The van der Waals surface area contributed by atoms with E-state index < -0.39 is 65.7 Å². The van der Waals surface area contributed by atoms with E-state index in [1.54, 1.807) is 62.0 Å². The maximum atomic E-state index is 14.0. The van der Waals surface area contributed by atoms with E-state index in [9.17, 15) is 38.7 Å². The van der Waals surface area contributed by atoms with Gasteiger partial charge in [0.1, 0.15) is 40.7 Å². The SMILES string of the molecule is C=C(C)CSSC=O.C=CCSSC=O.CCSSC=O.COc1cc2cc(c1Cl)N(C)C(=O)C[C@H](OC(=O)[C@H](C)N(C)C(C)=O)[C@]1(C)O[C@H]1[C@H](C)[C@@H]1C[C@@](O)(NC(=O)O1)[C@H](OC)/C=C/C=C(\C)C2. The van der Waals surface area contributed by atoms with Crippen molar-refractivity contribution in [2.75, 3.05) is 50.5 Å². The lowest BCUT2D eigenvalue weighted by Gasteiger charge is -2.42. The molecule has 2 saturated heterocycles. The number of amides is 3. The summed E-state index contributed by atoms with van der Waals surface area (Å²) >= 11 is 6.71. The number of methoxy groups -OCH3 is 2. The van der Waals surface area contributed by atoms with Crippen molar-refractivity contribution in [2.24, 2.45) is 5.92 Å². The lowest BCUT2D eigenvalue weighted by Crippen LogP contribution is -2.63. The van der Waals surface area contributed by atoms with Gasteiger partial charge in [-0.25, -0.2) is 9.59 Å². The van der Waals surface area contributed by atoms with Gasteiger partial charge in [-0.1, -0.05) is 99.9 Å². The van der Waals surface area contributed by atoms with Crippen LogP contribution in [0.5, 0.6) is 5.75 Å². The molecule has 8 atom stereocenters. The molecule has 0 radical (unpaired) electrons. The number of nitrogens with one attached hydrogen (secondary N) is 1. The molecule has 3 aliphatic heterocycles. The third kappa shape index (κ3) is 21.3. The topological polar surface area (TPSA) is 208 Å². The number of esters is 1. The number of fused-ring (bicyclic) bond motifs is 5. The molecule has 2 N–H and O–H groups in total. The molecule has 16 nitrogen and oxygen atoms in total. The fraction of sp³-hybridized carbons (Fsp3) is 0.543. The highest BCUT2D eigenvalue weighted by molar-refractivity contribution is 8.82. The molecule has 4 rings (SSSR count). The molecule has 0 aromatic heterocycles. The second-order valence-electron chi connectivity index (χ2n) is 15.8. The molecule has 1 aromatic carbocycles. The second-order valence-corrected chi connectivity index (χ2v) is 23.1. The Morgan fingerprint density at radius 1 is 1.10 bits per heavy atom. The molecule has 4 bridgehead atoms. The molecular formula is C46H66ClN3O13S6. The van der Waals surface area contributed by atoms with Gasteiger partial charge >= 0.3 is 12.1 Å². The fourth-order valence-corrected chi connectivity index (χ4v) is 9.95. The van der Waals surface area contributed by atoms with E-state index in [4.69, 9.17) is 35.3 Å².